The Labute approximate surface area is 121 Å². The van der Waals surface area contributed by atoms with E-state index in [4.69, 9.17) is 9.47 Å². The summed E-state index contributed by atoms with van der Waals surface area (Å²) in [4.78, 5) is 13.3. The van der Waals surface area contributed by atoms with Crippen molar-refractivity contribution in [2.45, 2.75) is 4.90 Å². The van der Waals surface area contributed by atoms with Crippen LogP contribution in [0.4, 0.5) is 5.69 Å². The minimum absolute atomic E-state index is 0.162. The average Bonchev–Trinajstić information content (AvgIpc) is 2.95. The number of nitrogens with one attached hydrogen (secondary N) is 1. The zero-order valence-corrected chi connectivity index (χ0v) is 11.7. The zero-order chi connectivity index (χ0) is 13.9. The Morgan fingerprint density at radius 2 is 1.95 bits per heavy atom. The van der Waals surface area contributed by atoms with Gasteiger partial charge in [0.15, 0.2) is 11.5 Å². The predicted octanol–water partition coefficient (Wildman–Crippen LogP) is 3.39. The molecule has 0 bridgehead atoms. The molecule has 0 spiro atoms. The van der Waals surface area contributed by atoms with Gasteiger partial charge in [-0.3, -0.25) is 4.79 Å². The SMILES string of the molecule is CSc1ccccc1NC(=O)c1ccc2c(c1)OCO2. The Morgan fingerprint density at radius 1 is 1.15 bits per heavy atom. The molecule has 0 atom stereocenters. The van der Waals surface area contributed by atoms with E-state index in [1.54, 1.807) is 30.0 Å². The second kappa shape index (κ2) is 5.46. The van der Waals surface area contributed by atoms with Gasteiger partial charge >= 0.3 is 0 Å². The molecule has 1 heterocycles. The molecule has 1 amide bonds. The maximum Gasteiger partial charge on any atom is 0.255 e. The van der Waals surface area contributed by atoms with Crippen LogP contribution in [0.5, 0.6) is 11.5 Å². The predicted molar refractivity (Wildman–Crippen MR) is 78.7 cm³/mol. The third-order valence-electron chi connectivity index (χ3n) is 2.99. The minimum atomic E-state index is -0.162. The molecule has 0 saturated heterocycles. The smallest absolute Gasteiger partial charge is 0.255 e. The lowest BCUT2D eigenvalue weighted by Crippen LogP contribution is -2.12. The molecule has 20 heavy (non-hydrogen) atoms. The molecule has 5 heteroatoms. The third-order valence-corrected chi connectivity index (χ3v) is 3.79. The van der Waals surface area contributed by atoms with E-state index in [1.807, 2.05) is 30.5 Å². The monoisotopic (exact) mass is 287 g/mol. The Kier molecular flexibility index (Phi) is 3.52. The lowest BCUT2D eigenvalue weighted by Gasteiger charge is -2.09. The molecule has 0 aromatic heterocycles. The number of anilines is 1. The van der Waals surface area contributed by atoms with Gasteiger partial charge in [0.05, 0.1) is 5.69 Å². The largest absolute Gasteiger partial charge is 0.454 e. The van der Waals surface area contributed by atoms with Crippen LogP contribution in [0.2, 0.25) is 0 Å². The van der Waals surface area contributed by atoms with Gasteiger partial charge in [-0.2, -0.15) is 0 Å². The van der Waals surface area contributed by atoms with Gasteiger partial charge in [-0.25, -0.2) is 0 Å². The number of para-hydroxylation sites is 1. The fraction of sp³-hybridized carbons (Fsp3) is 0.133. The molecular weight excluding hydrogens is 274 g/mol. The highest BCUT2D eigenvalue weighted by Crippen LogP contribution is 2.33. The van der Waals surface area contributed by atoms with Crippen molar-refractivity contribution in [3.05, 3.63) is 48.0 Å². The number of thioether (sulfide) groups is 1. The van der Waals surface area contributed by atoms with Crippen LogP contribution in [0.25, 0.3) is 0 Å². The fourth-order valence-corrected chi connectivity index (χ4v) is 2.53. The van der Waals surface area contributed by atoms with Crippen LogP contribution < -0.4 is 14.8 Å². The van der Waals surface area contributed by atoms with Gasteiger partial charge < -0.3 is 14.8 Å². The van der Waals surface area contributed by atoms with Crippen molar-refractivity contribution in [1.29, 1.82) is 0 Å². The first-order valence-electron chi connectivity index (χ1n) is 6.12. The van der Waals surface area contributed by atoms with E-state index in [0.29, 0.717) is 17.1 Å². The minimum Gasteiger partial charge on any atom is -0.454 e. The number of amides is 1. The number of hydrogen-bond acceptors (Lipinski definition) is 4. The molecule has 0 saturated carbocycles. The summed E-state index contributed by atoms with van der Waals surface area (Å²) in [7, 11) is 0. The normalized spacial score (nSPS) is 12.2. The topological polar surface area (TPSA) is 47.6 Å². The number of carbonyl (C=O) groups is 1. The van der Waals surface area contributed by atoms with Gasteiger partial charge in [0.25, 0.3) is 5.91 Å². The van der Waals surface area contributed by atoms with Gasteiger partial charge in [0.1, 0.15) is 0 Å². The highest BCUT2D eigenvalue weighted by molar-refractivity contribution is 7.98. The number of fused-ring (bicyclic) bond motifs is 1. The van der Waals surface area contributed by atoms with Gasteiger partial charge in [-0.05, 0) is 36.6 Å². The van der Waals surface area contributed by atoms with Gasteiger partial charge in [0, 0.05) is 10.5 Å². The number of hydrogen-bond donors (Lipinski definition) is 1. The Hall–Kier alpha value is -2.14. The molecule has 2 aromatic carbocycles. The van der Waals surface area contributed by atoms with Crippen molar-refractivity contribution in [1.82, 2.24) is 0 Å². The summed E-state index contributed by atoms with van der Waals surface area (Å²) < 4.78 is 10.5. The summed E-state index contributed by atoms with van der Waals surface area (Å²) in [5, 5.41) is 2.91. The molecule has 2 aromatic rings. The Balaban J connectivity index is 1.83. The molecule has 1 aliphatic rings. The molecule has 3 rings (SSSR count). The summed E-state index contributed by atoms with van der Waals surface area (Å²) in [6.07, 6.45) is 1.98. The Bertz CT molecular complexity index is 657. The molecule has 0 fully saturated rings. The van der Waals surface area contributed by atoms with Gasteiger partial charge in [-0.15, -0.1) is 11.8 Å². The van der Waals surface area contributed by atoms with Crippen molar-refractivity contribution in [3.8, 4) is 11.5 Å². The van der Waals surface area contributed by atoms with Gasteiger partial charge in [0.2, 0.25) is 6.79 Å². The van der Waals surface area contributed by atoms with E-state index in [1.165, 1.54) is 0 Å². The molecule has 1 aliphatic heterocycles. The quantitative estimate of drug-likeness (QED) is 0.879. The summed E-state index contributed by atoms with van der Waals surface area (Å²) in [5.74, 6) is 1.12. The van der Waals surface area contributed by atoms with Gasteiger partial charge in [-0.1, -0.05) is 12.1 Å². The number of carbonyl (C=O) groups excluding carboxylic acids is 1. The van der Waals surface area contributed by atoms with E-state index in [-0.39, 0.29) is 12.7 Å². The molecule has 4 nitrogen and oxygen atoms in total. The third kappa shape index (κ3) is 2.44. The second-order valence-corrected chi connectivity index (χ2v) is 5.07. The summed E-state index contributed by atoms with van der Waals surface area (Å²) in [5.41, 5.74) is 1.35. The fourth-order valence-electron chi connectivity index (χ4n) is 1.98. The summed E-state index contributed by atoms with van der Waals surface area (Å²) >= 11 is 1.59. The molecular formula is C15H13NO3S. The standard InChI is InChI=1S/C15H13NO3S/c1-20-14-5-3-2-4-11(14)16-15(17)10-6-7-12-13(8-10)19-9-18-12/h2-8H,9H2,1H3,(H,16,17). The first kappa shape index (κ1) is 12.9. The first-order valence-corrected chi connectivity index (χ1v) is 7.34. The average molecular weight is 287 g/mol. The van der Waals surface area contributed by atoms with Crippen LogP contribution in [0.3, 0.4) is 0 Å². The van der Waals surface area contributed by atoms with Crippen LogP contribution >= 0.6 is 11.8 Å². The zero-order valence-electron chi connectivity index (χ0n) is 10.9. The van der Waals surface area contributed by atoms with Crippen molar-refractivity contribution >= 4 is 23.4 Å². The number of benzene rings is 2. The van der Waals surface area contributed by atoms with E-state index < -0.39 is 0 Å². The molecule has 0 aliphatic carbocycles. The van der Waals surface area contributed by atoms with Crippen LogP contribution in [0.15, 0.2) is 47.4 Å². The van der Waals surface area contributed by atoms with E-state index in [9.17, 15) is 4.79 Å². The molecule has 0 radical (unpaired) electrons. The second-order valence-electron chi connectivity index (χ2n) is 4.22. The highest BCUT2D eigenvalue weighted by atomic mass is 32.2. The van der Waals surface area contributed by atoms with Crippen LogP contribution in [-0.4, -0.2) is 19.0 Å². The van der Waals surface area contributed by atoms with Crippen molar-refractivity contribution < 1.29 is 14.3 Å². The van der Waals surface area contributed by atoms with Crippen molar-refractivity contribution in [2.75, 3.05) is 18.4 Å². The van der Waals surface area contributed by atoms with E-state index in [2.05, 4.69) is 5.32 Å². The van der Waals surface area contributed by atoms with Crippen molar-refractivity contribution in [3.63, 3.8) is 0 Å². The maximum absolute atomic E-state index is 12.3. The number of ether oxygens (including phenoxy) is 2. The lowest BCUT2D eigenvalue weighted by molar-refractivity contribution is 0.102. The molecule has 0 unspecified atom stereocenters. The van der Waals surface area contributed by atoms with Crippen molar-refractivity contribution in [2.24, 2.45) is 0 Å². The van der Waals surface area contributed by atoms with E-state index >= 15 is 0 Å². The summed E-state index contributed by atoms with van der Waals surface area (Å²) in [6, 6.07) is 12.9. The van der Waals surface area contributed by atoms with Crippen LogP contribution in [0, 0.1) is 0 Å². The summed E-state index contributed by atoms with van der Waals surface area (Å²) in [6.45, 7) is 0.204. The first-order chi connectivity index (χ1) is 9.78. The van der Waals surface area contributed by atoms with Crippen LogP contribution in [-0.2, 0) is 0 Å². The lowest BCUT2D eigenvalue weighted by atomic mass is 10.2. The molecule has 1 N–H and O–H groups in total. The number of rotatable bonds is 3. The molecule has 102 valence electrons. The maximum atomic E-state index is 12.3. The van der Waals surface area contributed by atoms with E-state index in [0.717, 1.165) is 10.6 Å². The van der Waals surface area contributed by atoms with Crippen LogP contribution in [0.1, 0.15) is 10.4 Å². The highest BCUT2D eigenvalue weighted by Gasteiger charge is 2.16. The Morgan fingerprint density at radius 3 is 2.80 bits per heavy atom.